The lowest BCUT2D eigenvalue weighted by Gasteiger charge is -2.25. The molecule has 3 aromatic rings. The Balaban J connectivity index is 1.22. The van der Waals surface area contributed by atoms with Crippen LogP contribution in [0.5, 0.6) is 0 Å². The molecule has 0 aromatic heterocycles. The number of ether oxygens (including phenoxy) is 3. The number of alkyl carbamates (subject to hydrolysis) is 1. The molecule has 1 heterocycles. The molecule has 1 saturated heterocycles. The molecule has 2 amide bonds. The lowest BCUT2D eigenvalue weighted by Crippen LogP contribution is -2.54. The molecule has 1 aliphatic heterocycles. The highest BCUT2D eigenvalue weighted by Gasteiger charge is 2.34. The van der Waals surface area contributed by atoms with Gasteiger partial charge in [-0.3, -0.25) is 9.59 Å². The van der Waals surface area contributed by atoms with Gasteiger partial charge in [-0.25, -0.2) is 4.79 Å². The maximum absolute atomic E-state index is 13.3. The molecule has 5 rings (SSSR count). The van der Waals surface area contributed by atoms with Gasteiger partial charge in [0.05, 0.1) is 31.3 Å². The van der Waals surface area contributed by atoms with Gasteiger partial charge in [-0.1, -0.05) is 78.9 Å². The SMILES string of the molecule is CC(OCc1ccccc1)C(NC(=O)OCC1c2ccccc2-c2ccccc21)C(=O)NC[C@H]1C[C@@H](C(=O)O)CO1. The van der Waals surface area contributed by atoms with Gasteiger partial charge in [0.15, 0.2) is 0 Å². The standard InChI is InChI=1S/C32H34N2O7/c1-20(39-17-21-9-3-2-4-10-21)29(30(35)33-16-23-15-22(18-40-23)31(36)37)34-32(38)41-19-28-26-13-7-5-11-24(26)25-12-6-8-14-27(25)28/h2-14,20,22-23,28-29H,15-19H2,1H3,(H,33,35)(H,34,38)(H,36,37)/t20?,22-,23-,29?/m1/s1. The number of hydrogen-bond acceptors (Lipinski definition) is 6. The van der Waals surface area contributed by atoms with Crippen LogP contribution in [0.15, 0.2) is 78.9 Å². The first kappa shape index (κ1) is 28.3. The zero-order valence-electron chi connectivity index (χ0n) is 22.8. The summed E-state index contributed by atoms with van der Waals surface area (Å²) >= 11 is 0. The van der Waals surface area contributed by atoms with Crippen molar-refractivity contribution in [1.29, 1.82) is 0 Å². The van der Waals surface area contributed by atoms with Crippen LogP contribution in [0.4, 0.5) is 4.79 Å². The summed E-state index contributed by atoms with van der Waals surface area (Å²) in [5.41, 5.74) is 5.35. The van der Waals surface area contributed by atoms with E-state index in [4.69, 9.17) is 14.2 Å². The number of nitrogens with one attached hydrogen (secondary N) is 2. The van der Waals surface area contributed by atoms with E-state index >= 15 is 0 Å². The van der Waals surface area contributed by atoms with Gasteiger partial charge >= 0.3 is 12.1 Å². The van der Waals surface area contributed by atoms with Gasteiger partial charge in [0.2, 0.25) is 5.91 Å². The van der Waals surface area contributed by atoms with Crippen molar-refractivity contribution in [2.24, 2.45) is 5.92 Å². The zero-order chi connectivity index (χ0) is 28.8. The smallest absolute Gasteiger partial charge is 0.407 e. The Morgan fingerprint density at radius 2 is 1.59 bits per heavy atom. The molecular formula is C32H34N2O7. The normalized spacial score (nSPS) is 19.0. The highest BCUT2D eigenvalue weighted by atomic mass is 16.5. The summed E-state index contributed by atoms with van der Waals surface area (Å²) in [6.07, 6.45) is -1.53. The number of benzene rings is 3. The summed E-state index contributed by atoms with van der Waals surface area (Å²) < 4.78 is 17.2. The van der Waals surface area contributed by atoms with Crippen LogP contribution >= 0.6 is 0 Å². The Labute approximate surface area is 238 Å². The third kappa shape index (κ3) is 6.75. The first-order chi connectivity index (χ1) is 19.9. The molecule has 0 radical (unpaired) electrons. The van der Waals surface area contributed by atoms with E-state index < -0.39 is 42.1 Å². The molecule has 0 spiro atoms. The minimum absolute atomic E-state index is 0.105. The second-order valence-electron chi connectivity index (χ2n) is 10.4. The van der Waals surface area contributed by atoms with Crippen LogP contribution in [-0.2, 0) is 30.4 Å². The van der Waals surface area contributed by atoms with Crippen LogP contribution in [-0.4, -0.2) is 61.1 Å². The van der Waals surface area contributed by atoms with Gasteiger partial charge in [0.25, 0.3) is 0 Å². The summed E-state index contributed by atoms with van der Waals surface area (Å²) in [6.45, 7) is 2.30. The molecule has 1 aliphatic carbocycles. The number of carboxylic acids is 1. The fourth-order valence-corrected chi connectivity index (χ4v) is 5.41. The molecule has 1 fully saturated rings. The maximum atomic E-state index is 13.3. The number of carboxylic acid groups (broad SMARTS) is 1. The van der Waals surface area contributed by atoms with Gasteiger partial charge in [0.1, 0.15) is 12.6 Å². The number of carbonyl (C=O) groups is 3. The van der Waals surface area contributed by atoms with E-state index in [0.29, 0.717) is 6.42 Å². The van der Waals surface area contributed by atoms with E-state index in [9.17, 15) is 19.5 Å². The fourth-order valence-electron chi connectivity index (χ4n) is 5.41. The average Bonchev–Trinajstić information content (AvgIpc) is 3.60. The quantitative estimate of drug-likeness (QED) is 0.324. The second kappa shape index (κ2) is 13.0. The second-order valence-corrected chi connectivity index (χ2v) is 10.4. The van der Waals surface area contributed by atoms with Gasteiger partial charge in [0, 0.05) is 12.5 Å². The van der Waals surface area contributed by atoms with Crippen molar-refractivity contribution >= 4 is 18.0 Å². The Bertz CT molecular complexity index is 1330. The van der Waals surface area contributed by atoms with Crippen molar-refractivity contribution in [1.82, 2.24) is 10.6 Å². The summed E-state index contributed by atoms with van der Waals surface area (Å²) in [5.74, 6) is -2.10. The zero-order valence-corrected chi connectivity index (χ0v) is 22.8. The molecule has 214 valence electrons. The van der Waals surface area contributed by atoms with Crippen molar-refractivity contribution in [2.75, 3.05) is 19.8 Å². The fraction of sp³-hybridized carbons (Fsp3) is 0.344. The van der Waals surface area contributed by atoms with Crippen LogP contribution in [0.2, 0.25) is 0 Å². The Morgan fingerprint density at radius 3 is 2.22 bits per heavy atom. The molecule has 41 heavy (non-hydrogen) atoms. The summed E-state index contributed by atoms with van der Waals surface area (Å²) in [6, 6.07) is 24.6. The average molecular weight is 559 g/mol. The van der Waals surface area contributed by atoms with Crippen LogP contribution in [0.1, 0.15) is 36.0 Å². The van der Waals surface area contributed by atoms with Crippen LogP contribution in [0.3, 0.4) is 0 Å². The van der Waals surface area contributed by atoms with Gasteiger partial charge < -0.3 is 30.0 Å². The van der Waals surface area contributed by atoms with E-state index in [2.05, 4.69) is 22.8 Å². The first-order valence-electron chi connectivity index (χ1n) is 13.8. The van der Waals surface area contributed by atoms with Gasteiger partial charge in [-0.05, 0) is 41.2 Å². The number of carbonyl (C=O) groups excluding carboxylic acids is 2. The monoisotopic (exact) mass is 558 g/mol. The molecule has 4 atom stereocenters. The van der Waals surface area contributed by atoms with Crippen molar-refractivity contribution < 1.29 is 33.7 Å². The Kier molecular flexibility index (Phi) is 8.96. The minimum atomic E-state index is -1.05. The topological polar surface area (TPSA) is 123 Å². The predicted molar refractivity (Wildman–Crippen MR) is 151 cm³/mol. The molecule has 9 nitrogen and oxygen atoms in total. The highest BCUT2D eigenvalue weighted by Crippen LogP contribution is 2.44. The van der Waals surface area contributed by atoms with E-state index in [1.165, 1.54) is 0 Å². The summed E-state index contributed by atoms with van der Waals surface area (Å²) in [7, 11) is 0. The van der Waals surface area contributed by atoms with Crippen LogP contribution in [0.25, 0.3) is 11.1 Å². The number of amides is 2. The number of hydrogen-bond donors (Lipinski definition) is 3. The van der Waals surface area contributed by atoms with E-state index in [-0.39, 0.29) is 32.3 Å². The maximum Gasteiger partial charge on any atom is 0.407 e. The molecule has 0 bridgehead atoms. The van der Waals surface area contributed by atoms with Crippen molar-refractivity contribution in [3.8, 4) is 11.1 Å². The Hall–Kier alpha value is -4.21. The summed E-state index contributed by atoms with van der Waals surface area (Å²) in [4.78, 5) is 37.5. The van der Waals surface area contributed by atoms with Gasteiger partial charge in [-0.2, -0.15) is 0 Å². The van der Waals surface area contributed by atoms with E-state index in [1.807, 2.05) is 66.7 Å². The third-order valence-corrected chi connectivity index (χ3v) is 7.66. The van der Waals surface area contributed by atoms with Crippen molar-refractivity contribution in [2.45, 2.75) is 44.1 Å². The number of fused-ring (bicyclic) bond motifs is 3. The predicted octanol–water partition coefficient (Wildman–Crippen LogP) is 4.10. The van der Waals surface area contributed by atoms with Crippen LogP contribution in [0, 0.1) is 5.92 Å². The molecule has 2 unspecified atom stereocenters. The lowest BCUT2D eigenvalue weighted by molar-refractivity contribution is -0.141. The van der Waals surface area contributed by atoms with E-state index in [1.54, 1.807) is 6.92 Å². The molecule has 2 aliphatic rings. The highest BCUT2D eigenvalue weighted by molar-refractivity contribution is 5.86. The Morgan fingerprint density at radius 1 is 0.951 bits per heavy atom. The summed E-state index contributed by atoms with van der Waals surface area (Å²) in [5, 5.41) is 14.7. The molecular weight excluding hydrogens is 524 g/mol. The van der Waals surface area contributed by atoms with Crippen molar-refractivity contribution in [3.63, 3.8) is 0 Å². The molecule has 0 saturated carbocycles. The molecule has 3 aromatic carbocycles. The number of rotatable bonds is 11. The molecule has 3 N–H and O–H groups in total. The largest absolute Gasteiger partial charge is 0.481 e. The van der Waals surface area contributed by atoms with Crippen LogP contribution < -0.4 is 10.6 Å². The number of aliphatic carboxylic acids is 1. The molecule has 9 heteroatoms. The van der Waals surface area contributed by atoms with Gasteiger partial charge in [-0.15, -0.1) is 0 Å². The van der Waals surface area contributed by atoms with Crippen molar-refractivity contribution in [3.05, 3.63) is 95.6 Å². The lowest BCUT2D eigenvalue weighted by atomic mass is 9.98. The third-order valence-electron chi connectivity index (χ3n) is 7.66. The first-order valence-corrected chi connectivity index (χ1v) is 13.8. The van der Waals surface area contributed by atoms with E-state index in [0.717, 1.165) is 27.8 Å². The minimum Gasteiger partial charge on any atom is -0.481 e.